The maximum absolute atomic E-state index is 13.5. The van der Waals surface area contributed by atoms with Gasteiger partial charge in [-0.15, -0.1) is 0 Å². The molecule has 0 aromatic heterocycles. The van der Waals surface area contributed by atoms with Crippen LogP contribution in [0.15, 0.2) is 72.9 Å². The third-order valence-corrected chi connectivity index (χ3v) is 14.1. The zero-order valence-electron chi connectivity index (χ0n) is 48.3. The summed E-state index contributed by atoms with van der Waals surface area (Å²) < 4.78 is 30.3. The Morgan fingerprint density at radius 3 is 1.27 bits per heavy atom. The van der Waals surface area contributed by atoms with E-state index in [1.165, 1.54) is 128 Å². The summed E-state index contributed by atoms with van der Waals surface area (Å²) in [5, 5.41) is 3.01. The van der Waals surface area contributed by atoms with Crippen LogP contribution in [-0.4, -0.2) is 69.4 Å². The second-order valence-electron chi connectivity index (χ2n) is 21.5. The van der Waals surface area contributed by atoms with Crippen molar-refractivity contribution in [2.75, 3.05) is 40.9 Å². The molecule has 0 aromatic carbocycles. The maximum atomic E-state index is 13.5. The van der Waals surface area contributed by atoms with E-state index in [4.69, 9.17) is 13.8 Å². The summed E-state index contributed by atoms with van der Waals surface area (Å²) in [6, 6.07) is -0.905. The molecule has 0 saturated carbocycles. The van der Waals surface area contributed by atoms with E-state index in [-0.39, 0.29) is 31.3 Å². The Bertz CT molecular complexity index is 1480. The van der Waals surface area contributed by atoms with Gasteiger partial charge in [0, 0.05) is 12.8 Å². The van der Waals surface area contributed by atoms with Gasteiger partial charge in [0.1, 0.15) is 19.3 Å². The second-order valence-corrected chi connectivity index (χ2v) is 22.9. The largest absolute Gasteiger partial charge is 0.756 e. The van der Waals surface area contributed by atoms with Crippen molar-refractivity contribution in [3.8, 4) is 0 Å². The van der Waals surface area contributed by atoms with Crippen molar-refractivity contribution in [3.05, 3.63) is 72.9 Å². The van der Waals surface area contributed by atoms with Gasteiger partial charge in [-0.1, -0.05) is 222 Å². The SMILES string of the molecule is CCCCC/C=C\C/C=C\C/C=C\CCCCCCC(=O)NC(COP(=O)([O-])OCC[N+](C)(C)C)C(/C=C/CCCCCCCCCCCCC)OC(=O)CCCCCCCCC/C=C\C/C=C\CCCCC. The van der Waals surface area contributed by atoms with Gasteiger partial charge in [0.2, 0.25) is 5.91 Å². The summed E-state index contributed by atoms with van der Waals surface area (Å²) in [6.07, 6.45) is 67.1. The normalized spacial score (nSPS) is 14.2. The fourth-order valence-corrected chi connectivity index (χ4v) is 9.10. The maximum Gasteiger partial charge on any atom is 0.306 e. The first-order valence-corrected chi connectivity index (χ1v) is 31.7. The van der Waals surface area contributed by atoms with Crippen LogP contribution >= 0.6 is 7.82 Å². The van der Waals surface area contributed by atoms with E-state index in [9.17, 15) is 19.0 Å². The topological polar surface area (TPSA) is 114 Å². The number of nitrogens with one attached hydrogen (secondary N) is 1. The highest BCUT2D eigenvalue weighted by Crippen LogP contribution is 2.38. The lowest BCUT2D eigenvalue weighted by Crippen LogP contribution is -2.47. The fourth-order valence-electron chi connectivity index (χ4n) is 8.38. The van der Waals surface area contributed by atoms with Gasteiger partial charge < -0.3 is 28.5 Å². The van der Waals surface area contributed by atoms with Crippen LogP contribution in [-0.2, 0) is 27.9 Å². The van der Waals surface area contributed by atoms with Crippen LogP contribution in [0.25, 0.3) is 0 Å². The lowest BCUT2D eigenvalue weighted by atomic mass is 10.0. The zero-order valence-corrected chi connectivity index (χ0v) is 49.2. The molecule has 0 spiro atoms. The molecule has 3 atom stereocenters. The lowest BCUT2D eigenvalue weighted by Gasteiger charge is -2.30. The number of esters is 1. The van der Waals surface area contributed by atoms with Crippen molar-refractivity contribution < 1.29 is 37.3 Å². The molecule has 424 valence electrons. The molecule has 0 saturated heterocycles. The van der Waals surface area contributed by atoms with Crippen molar-refractivity contribution in [1.29, 1.82) is 0 Å². The number of unbranched alkanes of at least 4 members (excludes halogenated alkanes) is 28. The Labute approximate surface area is 451 Å². The molecule has 3 unspecified atom stereocenters. The predicted molar refractivity (Wildman–Crippen MR) is 312 cm³/mol. The minimum atomic E-state index is -4.71. The van der Waals surface area contributed by atoms with Crippen molar-refractivity contribution >= 4 is 19.7 Å². The number of carbonyl (C=O) groups is 2. The molecule has 9 nitrogen and oxygen atoms in total. The van der Waals surface area contributed by atoms with Gasteiger partial charge in [0.25, 0.3) is 7.82 Å². The Balaban J connectivity index is 5.38. The molecule has 0 radical (unpaired) electrons. The third kappa shape index (κ3) is 54.1. The summed E-state index contributed by atoms with van der Waals surface area (Å²) in [4.78, 5) is 39.9. The van der Waals surface area contributed by atoms with Crippen LogP contribution in [0, 0.1) is 0 Å². The number of likely N-dealkylation sites (N-methyl/N-ethyl adjacent to an activating group) is 1. The van der Waals surface area contributed by atoms with E-state index in [1.807, 2.05) is 33.3 Å². The molecule has 0 aliphatic carbocycles. The molecule has 0 aliphatic rings. The van der Waals surface area contributed by atoms with Crippen LogP contribution in [0.5, 0.6) is 0 Å². The number of hydrogen-bond donors (Lipinski definition) is 1. The van der Waals surface area contributed by atoms with E-state index < -0.39 is 26.6 Å². The van der Waals surface area contributed by atoms with Crippen molar-refractivity contribution in [3.63, 3.8) is 0 Å². The van der Waals surface area contributed by atoms with Crippen LogP contribution in [0.2, 0.25) is 0 Å². The Hall–Kier alpha value is -2.55. The number of allylic oxidation sites excluding steroid dienone is 11. The monoisotopic (exact) mass is 1040 g/mol. The van der Waals surface area contributed by atoms with Crippen LogP contribution in [0.3, 0.4) is 0 Å². The smallest absolute Gasteiger partial charge is 0.306 e. The molecule has 10 heteroatoms. The van der Waals surface area contributed by atoms with E-state index in [2.05, 4.69) is 86.8 Å². The Morgan fingerprint density at radius 2 is 0.836 bits per heavy atom. The summed E-state index contributed by atoms with van der Waals surface area (Å²) in [7, 11) is 1.16. The minimum absolute atomic E-state index is 0.0305. The minimum Gasteiger partial charge on any atom is -0.756 e. The van der Waals surface area contributed by atoms with Crippen LogP contribution in [0.4, 0.5) is 0 Å². The Morgan fingerprint density at radius 1 is 0.479 bits per heavy atom. The van der Waals surface area contributed by atoms with Gasteiger partial charge in [-0.25, -0.2) is 0 Å². The van der Waals surface area contributed by atoms with Gasteiger partial charge in [0.05, 0.1) is 33.8 Å². The Kier molecular flexibility index (Phi) is 51.0. The average molecular weight is 1040 g/mol. The van der Waals surface area contributed by atoms with E-state index in [0.717, 1.165) is 96.3 Å². The number of phosphoric acid groups is 1. The highest BCUT2D eigenvalue weighted by Gasteiger charge is 2.27. The molecule has 0 fully saturated rings. The quantitative estimate of drug-likeness (QED) is 0.0212. The molecule has 1 amide bonds. The molecule has 0 heterocycles. The predicted octanol–water partition coefficient (Wildman–Crippen LogP) is 17.8. The van der Waals surface area contributed by atoms with Gasteiger partial charge in [0.15, 0.2) is 0 Å². The number of carbonyl (C=O) groups excluding carboxylic acids is 2. The summed E-state index contributed by atoms with van der Waals surface area (Å²) in [5.74, 6) is -0.574. The first kappa shape index (κ1) is 70.5. The first-order valence-electron chi connectivity index (χ1n) is 30.2. The summed E-state index contributed by atoms with van der Waals surface area (Å²) in [5.41, 5.74) is 0. The van der Waals surface area contributed by atoms with E-state index in [0.29, 0.717) is 17.4 Å². The number of nitrogens with zero attached hydrogens (tertiary/aromatic N) is 1. The van der Waals surface area contributed by atoms with Crippen LogP contribution in [0.1, 0.15) is 265 Å². The fraction of sp³-hybridized carbons (Fsp3) is 0.778. The molecule has 1 N–H and O–H groups in total. The molecule has 0 aromatic rings. The number of ether oxygens (including phenoxy) is 1. The second kappa shape index (κ2) is 52.9. The van der Waals surface area contributed by atoms with E-state index >= 15 is 0 Å². The summed E-state index contributed by atoms with van der Waals surface area (Å²) >= 11 is 0. The number of phosphoric ester groups is 1. The highest BCUT2D eigenvalue weighted by atomic mass is 31.2. The molecule has 0 rings (SSSR count). The van der Waals surface area contributed by atoms with Gasteiger partial charge in [-0.05, 0) is 102 Å². The third-order valence-electron chi connectivity index (χ3n) is 13.1. The molecular weight excluding hydrogens is 928 g/mol. The standard InChI is InChI=1S/C63H115N2O7P/c1-7-10-13-16-19-22-25-28-30-32-34-37-40-43-46-49-52-55-62(66)64-60(59-71-73(68,69)70-58-57-65(4,5)6)61(54-51-48-45-42-39-36-27-24-21-18-15-12-9-3)72-63(67)56-53-50-47-44-41-38-35-33-31-29-26-23-20-17-14-11-8-2/h19-20,22-23,28-31,34,37,51,54,60-61H,7-18,21,24-27,32-33,35-36,38-50,52-53,55-59H2,1-6H3,(H-,64,66,68,69)/b22-19-,23-20-,30-28-,31-29-,37-34-,54-51+. The van der Waals surface area contributed by atoms with Crippen molar-refractivity contribution in [2.45, 2.75) is 277 Å². The molecular formula is C63H115N2O7P. The van der Waals surface area contributed by atoms with Crippen molar-refractivity contribution in [2.24, 2.45) is 0 Å². The number of rotatable bonds is 54. The summed E-state index contributed by atoms with van der Waals surface area (Å²) in [6.45, 7) is 6.77. The van der Waals surface area contributed by atoms with E-state index in [1.54, 1.807) is 0 Å². The lowest BCUT2D eigenvalue weighted by molar-refractivity contribution is -0.870. The zero-order chi connectivity index (χ0) is 53.6. The average Bonchev–Trinajstić information content (AvgIpc) is 3.35. The van der Waals surface area contributed by atoms with Gasteiger partial charge in [-0.3, -0.25) is 14.2 Å². The number of quaternary nitrogens is 1. The number of hydrogen-bond acceptors (Lipinski definition) is 7. The van der Waals surface area contributed by atoms with Crippen molar-refractivity contribution in [1.82, 2.24) is 5.32 Å². The van der Waals surface area contributed by atoms with Gasteiger partial charge in [-0.2, -0.15) is 0 Å². The van der Waals surface area contributed by atoms with Gasteiger partial charge >= 0.3 is 5.97 Å². The number of amides is 1. The molecule has 0 aliphatic heterocycles. The molecule has 0 bridgehead atoms. The van der Waals surface area contributed by atoms with Crippen LogP contribution < -0.4 is 10.2 Å². The highest BCUT2D eigenvalue weighted by molar-refractivity contribution is 7.45. The first-order chi connectivity index (χ1) is 35.4. The molecule has 73 heavy (non-hydrogen) atoms.